The molecule has 3 N–H and O–H groups in total. The number of aromatic nitrogens is 2. The Morgan fingerprint density at radius 3 is 2.15 bits per heavy atom. The van der Waals surface area contributed by atoms with Gasteiger partial charge in [-0.15, -0.1) is 0 Å². The first kappa shape index (κ1) is 35.0. The van der Waals surface area contributed by atoms with Gasteiger partial charge in [-0.25, -0.2) is 4.98 Å². The third-order valence-electron chi connectivity index (χ3n) is 10.9. The Balaban J connectivity index is 1.07. The monoisotopic (exact) mass is 740 g/mol. The minimum absolute atomic E-state index is 0.1000. The first-order valence-electron chi connectivity index (χ1n) is 18.0. The lowest BCUT2D eigenvalue weighted by Gasteiger charge is -2.35. The molecule has 2 aromatic carbocycles. The number of ether oxygens (including phenoxy) is 2. The molecular weight excluding hydrogens is 699 g/mol. The number of pyridine rings is 2. The molecule has 52 heavy (non-hydrogen) atoms. The van der Waals surface area contributed by atoms with Crippen LogP contribution in [0.3, 0.4) is 0 Å². The molecule has 4 atom stereocenters. The van der Waals surface area contributed by atoms with Crippen LogP contribution in [0.5, 0.6) is 5.88 Å². The molecule has 12 heteroatoms. The van der Waals surface area contributed by atoms with Crippen molar-refractivity contribution >= 4 is 35.0 Å². The Bertz CT molecular complexity index is 2040. The number of fused-ring (bicyclic) bond motifs is 2. The van der Waals surface area contributed by atoms with Crippen molar-refractivity contribution in [2.45, 2.75) is 69.3 Å². The van der Waals surface area contributed by atoms with Gasteiger partial charge in [-0.2, -0.15) is 0 Å². The molecule has 0 saturated carbocycles. The summed E-state index contributed by atoms with van der Waals surface area (Å²) in [6.07, 6.45) is 6.47. The van der Waals surface area contributed by atoms with Crippen LogP contribution in [0.4, 0.5) is 0 Å². The number of nitrogens with one attached hydrogen (secondary N) is 3. The van der Waals surface area contributed by atoms with E-state index in [0.717, 1.165) is 95.6 Å². The topological polar surface area (TPSA) is 118 Å². The van der Waals surface area contributed by atoms with Gasteiger partial charge < -0.3 is 25.4 Å². The van der Waals surface area contributed by atoms with E-state index in [1.165, 1.54) is 5.56 Å². The van der Waals surface area contributed by atoms with Gasteiger partial charge in [0.25, 0.3) is 0 Å². The van der Waals surface area contributed by atoms with Gasteiger partial charge in [0.2, 0.25) is 17.7 Å². The molecule has 0 spiro atoms. The van der Waals surface area contributed by atoms with Gasteiger partial charge in [0.05, 0.1) is 34.6 Å². The number of hydrogen-bond donors (Lipinski definition) is 3. The Labute approximate surface area is 313 Å². The van der Waals surface area contributed by atoms with Crippen molar-refractivity contribution in [3.05, 3.63) is 87.0 Å². The Morgan fingerprint density at radius 2 is 1.50 bits per heavy atom. The Kier molecular flexibility index (Phi) is 9.93. The largest absolute Gasteiger partial charge is 0.481 e. The molecule has 4 aromatic rings. The summed E-state index contributed by atoms with van der Waals surface area (Å²) in [6.45, 7) is 2.96. The zero-order chi connectivity index (χ0) is 35.9. The first-order chi connectivity index (χ1) is 25.3. The number of carbonyl (C=O) groups is 2. The molecule has 2 saturated heterocycles. The minimum Gasteiger partial charge on any atom is -0.481 e. The molecule has 2 unspecified atom stereocenters. The van der Waals surface area contributed by atoms with Crippen LogP contribution in [0, 0.1) is 0 Å². The summed E-state index contributed by atoms with van der Waals surface area (Å²) < 4.78 is 11.7. The van der Waals surface area contributed by atoms with E-state index in [2.05, 4.69) is 33.0 Å². The zero-order valence-electron chi connectivity index (χ0n) is 29.3. The van der Waals surface area contributed by atoms with Crippen LogP contribution >= 0.6 is 23.2 Å². The number of aryl methyl sites for hydroxylation is 1. The third kappa shape index (κ3) is 6.78. The molecule has 0 bridgehead atoms. The average molecular weight is 742 g/mol. The molecule has 5 heterocycles. The summed E-state index contributed by atoms with van der Waals surface area (Å²) in [4.78, 5) is 35.7. The Hall–Kier alpha value is -4.06. The van der Waals surface area contributed by atoms with Gasteiger partial charge in [-0.05, 0) is 48.9 Å². The summed E-state index contributed by atoms with van der Waals surface area (Å²) in [5.41, 5.74) is 9.17. The molecule has 1 aliphatic carbocycles. The highest BCUT2D eigenvalue weighted by atomic mass is 35.5. The van der Waals surface area contributed by atoms with Crippen molar-refractivity contribution in [1.29, 1.82) is 0 Å². The van der Waals surface area contributed by atoms with Gasteiger partial charge in [0.1, 0.15) is 0 Å². The van der Waals surface area contributed by atoms with E-state index >= 15 is 0 Å². The standard InChI is InChI=1S/C40H42Cl2N6O4/c1-51-34-21-48(20-25-11-14-36(50)46-25)19-23-16-32(44-18-30(23)34)28-7-3-5-26(38(28)41)27-6-4-8-29(39(27)42)33-15-22-9-12-31(37(22)40(47-33)52-2)43-17-24-10-13-35(49)45-24/h3-8,15-16,18,24-25,31,34,43H,9-14,17,19-21H2,1-2H3,(H,45,49)(H,46,50)/t24-,25?,31+,34?/m0/s1. The van der Waals surface area contributed by atoms with Crippen LogP contribution in [-0.2, 0) is 27.3 Å². The second kappa shape index (κ2) is 14.8. The first-order valence-corrected chi connectivity index (χ1v) is 18.8. The normalized spacial score (nSPS) is 22.6. The smallest absolute Gasteiger partial charge is 0.220 e. The molecule has 2 amide bonds. The average Bonchev–Trinajstić information content (AvgIpc) is 3.89. The molecule has 10 nitrogen and oxygen atoms in total. The van der Waals surface area contributed by atoms with Crippen molar-refractivity contribution in [1.82, 2.24) is 30.8 Å². The van der Waals surface area contributed by atoms with Crippen molar-refractivity contribution in [2.75, 3.05) is 33.9 Å². The fourth-order valence-electron chi connectivity index (χ4n) is 8.28. The number of halogens is 2. The van der Waals surface area contributed by atoms with E-state index in [0.29, 0.717) is 35.3 Å². The maximum absolute atomic E-state index is 11.8. The number of benzene rings is 2. The fraction of sp³-hybridized carbons (Fsp3) is 0.400. The predicted octanol–water partition coefficient (Wildman–Crippen LogP) is 6.43. The van der Waals surface area contributed by atoms with Crippen molar-refractivity contribution in [3.63, 3.8) is 0 Å². The lowest BCUT2D eigenvalue weighted by atomic mass is 9.95. The lowest BCUT2D eigenvalue weighted by Crippen LogP contribution is -2.42. The fourth-order valence-corrected chi connectivity index (χ4v) is 8.93. The number of amides is 2. The SMILES string of the molecule is COc1nc(-c2cccc(-c3cccc(-c4cc5c(cn4)C(OC)CN(CC4CCC(=O)N4)C5)c3Cl)c2Cl)cc2c1[C@H](NC[C@@H]1CCC(=O)N1)CC2. The predicted molar refractivity (Wildman–Crippen MR) is 201 cm³/mol. The van der Waals surface area contributed by atoms with Crippen LogP contribution in [-0.4, -0.2) is 72.6 Å². The van der Waals surface area contributed by atoms with E-state index in [4.69, 9.17) is 42.6 Å². The molecular formula is C40H42Cl2N6O4. The molecule has 270 valence electrons. The summed E-state index contributed by atoms with van der Waals surface area (Å²) in [5.74, 6) is 0.821. The molecule has 0 radical (unpaired) electrons. The summed E-state index contributed by atoms with van der Waals surface area (Å²) in [6, 6.07) is 16.5. The number of methoxy groups -OCH3 is 2. The summed E-state index contributed by atoms with van der Waals surface area (Å²) in [7, 11) is 3.38. The van der Waals surface area contributed by atoms with Crippen molar-refractivity contribution in [2.24, 2.45) is 0 Å². The van der Waals surface area contributed by atoms with Gasteiger partial charge in [-0.1, -0.05) is 59.6 Å². The third-order valence-corrected chi connectivity index (χ3v) is 11.7. The molecule has 4 aliphatic rings. The van der Waals surface area contributed by atoms with E-state index in [-0.39, 0.29) is 36.0 Å². The van der Waals surface area contributed by atoms with Gasteiger partial charge in [-0.3, -0.25) is 19.5 Å². The van der Waals surface area contributed by atoms with Crippen LogP contribution in [0.1, 0.15) is 66.5 Å². The maximum atomic E-state index is 11.8. The van der Waals surface area contributed by atoms with Gasteiger partial charge in [0.15, 0.2) is 0 Å². The van der Waals surface area contributed by atoms with Crippen LogP contribution < -0.4 is 20.7 Å². The van der Waals surface area contributed by atoms with Crippen LogP contribution in [0.25, 0.3) is 33.6 Å². The number of rotatable bonds is 10. The lowest BCUT2D eigenvalue weighted by molar-refractivity contribution is -0.120. The van der Waals surface area contributed by atoms with E-state index in [9.17, 15) is 9.59 Å². The molecule has 3 aliphatic heterocycles. The van der Waals surface area contributed by atoms with Gasteiger partial charge >= 0.3 is 0 Å². The number of carbonyl (C=O) groups excluding carboxylic acids is 2. The maximum Gasteiger partial charge on any atom is 0.220 e. The minimum atomic E-state index is -0.111. The molecule has 8 rings (SSSR count). The van der Waals surface area contributed by atoms with E-state index in [1.807, 2.05) is 42.6 Å². The van der Waals surface area contributed by atoms with Crippen LogP contribution in [0.2, 0.25) is 10.0 Å². The second-order valence-electron chi connectivity index (χ2n) is 14.2. The highest BCUT2D eigenvalue weighted by Crippen LogP contribution is 2.45. The molecule has 2 fully saturated rings. The zero-order valence-corrected chi connectivity index (χ0v) is 30.8. The summed E-state index contributed by atoms with van der Waals surface area (Å²) in [5, 5.41) is 10.9. The number of nitrogens with zero attached hydrogens (tertiary/aromatic N) is 3. The highest BCUT2D eigenvalue weighted by Gasteiger charge is 2.32. The van der Waals surface area contributed by atoms with E-state index in [1.54, 1.807) is 14.2 Å². The van der Waals surface area contributed by atoms with Crippen LogP contribution in [0.15, 0.2) is 54.7 Å². The van der Waals surface area contributed by atoms with E-state index < -0.39 is 0 Å². The van der Waals surface area contributed by atoms with Crippen molar-refractivity contribution in [3.8, 4) is 39.5 Å². The van der Waals surface area contributed by atoms with Crippen molar-refractivity contribution < 1.29 is 19.1 Å². The summed E-state index contributed by atoms with van der Waals surface area (Å²) >= 11 is 14.5. The number of hydrogen-bond acceptors (Lipinski definition) is 8. The molecule has 2 aromatic heterocycles. The quantitative estimate of drug-likeness (QED) is 0.170. The Morgan fingerprint density at radius 1 is 0.846 bits per heavy atom. The second-order valence-corrected chi connectivity index (χ2v) is 15.0. The highest BCUT2D eigenvalue weighted by molar-refractivity contribution is 6.39. The van der Waals surface area contributed by atoms with Gasteiger partial charge in [0, 0.05) is 104 Å².